The molecule has 1 spiro atoms. The Morgan fingerprint density at radius 1 is 1.37 bits per heavy atom. The van der Waals surface area contributed by atoms with Gasteiger partial charge in [0.1, 0.15) is 11.4 Å². The lowest BCUT2D eigenvalue weighted by Crippen LogP contribution is -2.49. The molecule has 8 heteroatoms. The third kappa shape index (κ3) is 4.14. The Morgan fingerprint density at radius 3 is 2.70 bits per heavy atom. The van der Waals surface area contributed by atoms with E-state index in [4.69, 9.17) is 4.74 Å². The van der Waals surface area contributed by atoms with Crippen LogP contribution >= 0.6 is 0 Å². The van der Waals surface area contributed by atoms with Crippen molar-refractivity contribution in [3.63, 3.8) is 0 Å². The largest absolute Gasteiger partial charge is 0.441 e. The first-order chi connectivity index (χ1) is 12.8. The number of amides is 2. The third-order valence-corrected chi connectivity index (χ3v) is 5.60. The number of carbonyl (C=O) groups is 2. The first kappa shape index (κ1) is 19.4. The Bertz CT molecular complexity index is 767. The summed E-state index contributed by atoms with van der Waals surface area (Å²) in [6, 6.07) is 0.169. The van der Waals surface area contributed by atoms with Gasteiger partial charge in [0.15, 0.2) is 0 Å². The highest BCUT2D eigenvalue weighted by Crippen LogP contribution is 2.34. The predicted molar refractivity (Wildman–Crippen MR) is 99.4 cm³/mol. The summed E-state index contributed by atoms with van der Waals surface area (Å²) in [5.41, 5.74) is -0.383. The Hall–Kier alpha value is -2.38. The number of aromatic amines is 1. The Labute approximate surface area is 158 Å². The van der Waals surface area contributed by atoms with Crippen molar-refractivity contribution in [2.24, 2.45) is 0 Å². The minimum absolute atomic E-state index is 0.0368. The number of piperidine rings is 1. The summed E-state index contributed by atoms with van der Waals surface area (Å²) in [7, 11) is 0. The van der Waals surface area contributed by atoms with Crippen LogP contribution in [-0.2, 0) is 16.0 Å². The minimum atomic E-state index is -0.487. The molecular weight excluding hydrogens is 348 g/mol. The molecule has 2 fully saturated rings. The van der Waals surface area contributed by atoms with Crippen LogP contribution in [0.3, 0.4) is 0 Å². The summed E-state index contributed by atoms with van der Waals surface area (Å²) in [6.45, 7) is 7.50. The lowest BCUT2D eigenvalue weighted by molar-refractivity contribution is -0.133. The summed E-state index contributed by atoms with van der Waals surface area (Å²) >= 11 is 0. The van der Waals surface area contributed by atoms with Crippen molar-refractivity contribution in [3.8, 4) is 0 Å². The average molecular weight is 376 g/mol. The van der Waals surface area contributed by atoms with Crippen LogP contribution in [0.25, 0.3) is 0 Å². The number of nitrogens with zero attached hydrogens (tertiary/aromatic N) is 3. The molecule has 3 heterocycles. The standard InChI is InChI=1S/C19H28N4O4/c1-4-5-13(2)23-12-19(27-18(23)26)6-8-22(9-7-19)16(24)10-15-11-20-14(3)21-17(15)25/h11,13H,4-10,12H2,1-3H3,(H,20,21,25)/t13-/m0/s1. The van der Waals surface area contributed by atoms with Gasteiger partial charge >= 0.3 is 6.09 Å². The van der Waals surface area contributed by atoms with Gasteiger partial charge in [-0.3, -0.25) is 9.59 Å². The number of nitrogens with one attached hydrogen (secondary N) is 1. The number of H-pyrrole nitrogens is 1. The summed E-state index contributed by atoms with van der Waals surface area (Å²) in [5.74, 6) is 0.433. The maximum Gasteiger partial charge on any atom is 0.410 e. The van der Waals surface area contributed by atoms with Crippen LogP contribution in [0.15, 0.2) is 11.0 Å². The van der Waals surface area contributed by atoms with E-state index in [1.165, 1.54) is 6.20 Å². The average Bonchev–Trinajstić information content (AvgIpc) is 2.94. The van der Waals surface area contributed by atoms with Gasteiger partial charge in [-0.1, -0.05) is 13.3 Å². The molecule has 0 unspecified atom stereocenters. The molecule has 0 bridgehead atoms. The molecule has 0 radical (unpaired) electrons. The van der Waals surface area contributed by atoms with Gasteiger partial charge in [0, 0.05) is 43.7 Å². The van der Waals surface area contributed by atoms with Crippen molar-refractivity contribution in [3.05, 3.63) is 27.9 Å². The monoisotopic (exact) mass is 376 g/mol. The number of hydrogen-bond donors (Lipinski definition) is 1. The fraction of sp³-hybridized carbons (Fsp3) is 0.684. The van der Waals surface area contributed by atoms with Gasteiger partial charge in [-0.2, -0.15) is 0 Å². The minimum Gasteiger partial charge on any atom is -0.441 e. The van der Waals surface area contributed by atoms with Gasteiger partial charge in [-0.15, -0.1) is 0 Å². The lowest BCUT2D eigenvalue weighted by Gasteiger charge is -2.37. The van der Waals surface area contributed by atoms with Gasteiger partial charge in [-0.25, -0.2) is 9.78 Å². The van der Waals surface area contributed by atoms with Gasteiger partial charge in [-0.05, 0) is 20.3 Å². The Kier molecular flexibility index (Phi) is 5.53. The van der Waals surface area contributed by atoms with Gasteiger partial charge in [0.2, 0.25) is 5.91 Å². The maximum absolute atomic E-state index is 12.6. The van der Waals surface area contributed by atoms with Gasteiger partial charge in [0.25, 0.3) is 5.56 Å². The highest BCUT2D eigenvalue weighted by molar-refractivity contribution is 5.79. The second-order valence-corrected chi connectivity index (χ2v) is 7.70. The van der Waals surface area contributed by atoms with Gasteiger partial charge < -0.3 is 19.5 Å². The molecule has 8 nitrogen and oxygen atoms in total. The molecule has 2 amide bonds. The quantitative estimate of drug-likeness (QED) is 0.842. The van der Waals surface area contributed by atoms with Crippen LogP contribution in [0.4, 0.5) is 4.79 Å². The normalized spacial score (nSPS) is 20.0. The van der Waals surface area contributed by atoms with Crippen LogP contribution in [0.5, 0.6) is 0 Å². The summed E-state index contributed by atoms with van der Waals surface area (Å²) < 4.78 is 5.73. The van der Waals surface area contributed by atoms with Crippen molar-refractivity contribution >= 4 is 12.0 Å². The highest BCUT2D eigenvalue weighted by atomic mass is 16.6. The Balaban J connectivity index is 1.58. The first-order valence-electron chi connectivity index (χ1n) is 9.66. The van der Waals surface area contributed by atoms with Crippen LogP contribution in [-0.4, -0.2) is 63.0 Å². The van der Waals surface area contributed by atoms with Crippen LogP contribution in [0, 0.1) is 6.92 Å². The Morgan fingerprint density at radius 2 is 2.07 bits per heavy atom. The second-order valence-electron chi connectivity index (χ2n) is 7.70. The zero-order valence-corrected chi connectivity index (χ0v) is 16.3. The third-order valence-electron chi connectivity index (χ3n) is 5.60. The second kappa shape index (κ2) is 7.70. The molecule has 2 aliphatic rings. The van der Waals surface area contributed by atoms with E-state index in [0.717, 1.165) is 12.8 Å². The predicted octanol–water partition coefficient (Wildman–Crippen LogP) is 1.62. The zero-order valence-electron chi connectivity index (χ0n) is 16.3. The molecule has 27 heavy (non-hydrogen) atoms. The van der Waals surface area contributed by atoms with E-state index >= 15 is 0 Å². The van der Waals surface area contributed by atoms with Crippen molar-refractivity contribution in [2.45, 2.75) is 64.5 Å². The molecule has 1 aromatic rings. The van der Waals surface area contributed by atoms with E-state index in [-0.39, 0.29) is 30.0 Å². The van der Waals surface area contributed by atoms with Crippen LogP contribution in [0.1, 0.15) is 50.9 Å². The van der Waals surface area contributed by atoms with E-state index in [1.54, 1.807) is 11.8 Å². The van der Waals surface area contributed by atoms with E-state index in [1.807, 2.05) is 4.90 Å². The first-order valence-corrected chi connectivity index (χ1v) is 9.66. The highest BCUT2D eigenvalue weighted by Gasteiger charge is 2.48. The zero-order chi connectivity index (χ0) is 19.6. The van der Waals surface area contributed by atoms with Gasteiger partial charge in [0.05, 0.1) is 13.0 Å². The maximum atomic E-state index is 12.6. The number of hydrogen-bond acceptors (Lipinski definition) is 5. The van der Waals surface area contributed by atoms with E-state index in [9.17, 15) is 14.4 Å². The topological polar surface area (TPSA) is 95.6 Å². The number of carbonyl (C=O) groups excluding carboxylic acids is 2. The summed E-state index contributed by atoms with van der Waals surface area (Å²) in [6.07, 6.45) is 4.48. The number of likely N-dealkylation sites (tertiary alicyclic amines) is 1. The number of aromatic nitrogens is 2. The molecule has 2 aliphatic heterocycles. The molecular formula is C19H28N4O4. The van der Waals surface area contributed by atoms with Crippen LogP contribution in [0.2, 0.25) is 0 Å². The molecule has 1 aromatic heterocycles. The summed E-state index contributed by atoms with van der Waals surface area (Å²) in [4.78, 5) is 47.0. The SMILES string of the molecule is CCC[C@H](C)N1CC2(CCN(C(=O)Cc3cnc(C)[nH]c3=O)CC2)OC1=O. The fourth-order valence-corrected chi connectivity index (χ4v) is 3.90. The lowest BCUT2D eigenvalue weighted by atomic mass is 9.90. The molecule has 0 aromatic carbocycles. The fourth-order valence-electron chi connectivity index (χ4n) is 3.90. The van der Waals surface area contributed by atoms with Crippen molar-refractivity contribution in [1.29, 1.82) is 0 Å². The number of rotatable bonds is 5. The van der Waals surface area contributed by atoms with E-state index in [0.29, 0.717) is 43.9 Å². The van der Waals surface area contributed by atoms with E-state index < -0.39 is 5.60 Å². The molecule has 1 atom stereocenters. The molecule has 2 saturated heterocycles. The molecule has 0 aliphatic carbocycles. The van der Waals surface area contributed by atoms with Crippen LogP contribution < -0.4 is 5.56 Å². The smallest absolute Gasteiger partial charge is 0.410 e. The van der Waals surface area contributed by atoms with Crippen molar-refractivity contribution in [2.75, 3.05) is 19.6 Å². The number of ether oxygens (including phenoxy) is 1. The van der Waals surface area contributed by atoms with Crippen molar-refractivity contribution < 1.29 is 14.3 Å². The molecule has 3 rings (SSSR count). The summed E-state index contributed by atoms with van der Waals surface area (Å²) in [5, 5.41) is 0. The van der Waals surface area contributed by atoms with E-state index in [2.05, 4.69) is 23.8 Å². The molecule has 1 N–H and O–H groups in total. The number of aryl methyl sites for hydroxylation is 1. The molecule has 0 saturated carbocycles. The molecule has 148 valence electrons. The van der Waals surface area contributed by atoms with Crippen molar-refractivity contribution in [1.82, 2.24) is 19.8 Å².